The predicted molar refractivity (Wildman–Crippen MR) is 50.1 cm³/mol. The molecule has 0 aromatic heterocycles. The molecule has 0 aliphatic carbocycles. The standard InChI is InChI=1S/C9H19ClO/c1-2-3-4-5-6-7-9(11)8-10/h9,11H,2-8H2,1H3. The minimum absolute atomic E-state index is 0.279. The first-order valence-corrected chi connectivity index (χ1v) is 5.08. The lowest BCUT2D eigenvalue weighted by Crippen LogP contribution is -2.07. The van der Waals surface area contributed by atoms with Crippen LogP contribution in [0, 0.1) is 0 Å². The van der Waals surface area contributed by atoms with Gasteiger partial charge in [0.1, 0.15) is 0 Å². The van der Waals surface area contributed by atoms with Gasteiger partial charge in [-0.25, -0.2) is 0 Å². The average molecular weight is 179 g/mol. The number of unbranched alkanes of at least 4 members (excludes halogenated alkanes) is 4. The van der Waals surface area contributed by atoms with Crippen LogP contribution < -0.4 is 0 Å². The normalized spacial score (nSPS) is 13.4. The van der Waals surface area contributed by atoms with Crippen LogP contribution in [0.5, 0.6) is 0 Å². The smallest absolute Gasteiger partial charge is 0.0675 e. The van der Waals surface area contributed by atoms with Crippen molar-refractivity contribution in [3.8, 4) is 0 Å². The van der Waals surface area contributed by atoms with Crippen LogP contribution in [0.4, 0.5) is 0 Å². The van der Waals surface area contributed by atoms with Crippen LogP contribution in [0.15, 0.2) is 0 Å². The lowest BCUT2D eigenvalue weighted by molar-refractivity contribution is 0.183. The van der Waals surface area contributed by atoms with Crippen molar-refractivity contribution in [2.24, 2.45) is 0 Å². The molecule has 1 atom stereocenters. The molecule has 1 unspecified atom stereocenters. The summed E-state index contributed by atoms with van der Waals surface area (Å²) < 4.78 is 0. The number of hydrogen-bond donors (Lipinski definition) is 1. The third kappa shape index (κ3) is 8.15. The van der Waals surface area contributed by atoms with E-state index in [1.54, 1.807) is 0 Å². The number of rotatable bonds is 7. The quantitative estimate of drug-likeness (QED) is 0.470. The summed E-state index contributed by atoms with van der Waals surface area (Å²) in [7, 11) is 0. The second kappa shape index (κ2) is 8.35. The molecule has 1 nitrogen and oxygen atoms in total. The van der Waals surface area contributed by atoms with Gasteiger partial charge in [-0.3, -0.25) is 0 Å². The van der Waals surface area contributed by atoms with Gasteiger partial charge in [0.2, 0.25) is 0 Å². The van der Waals surface area contributed by atoms with Gasteiger partial charge in [0, 0.05) is 5.88 Å². The number of alkyl halides is 1. The molecule has 0 saturated carbocycles. The molecular weight excluding hydrogens is 160 g/mol. The molecule has 0 bridgehead atoms. The summed E-state index contributed by atoms with van der Waals surface area (Å²) in [5, 5.41) is 9.08. The van der Waals surface area contributed by atoms with E-state index < -0.39 is 0 Å². The SMILES string of the molecule is CCCCCCCC(O)CCl. The Labute approximate surface area is 74.8 Å². The molecule has 0 aliphatic heterocycles. The van der Waals surface area contributed by atoms with Gasteiger partial charge >= 0.3 is 0 Å². The van der Waals surface area contributed by atoms with Crippen LogP contribution in [-0.2, 0) is 0 Å². The molecule has 68 valence electrons. The predicted octanol–water partition coefficient (Wildman–Crippen LogP) is 2.95. The Hall–Kier alpha value is 0.250. The van der Waals surface area contributed by atoms with E-state index in [4.69, 9.17) is 16.7 Å². The summed E-state index contributed by atoms with van der Waals surface area (Å²) >= 11 is 5.44. The van der Waals surface area contributed by atoms with Crippen LogP contribution in [0.25, 0.3) is 0 Å². The maximum atomic E-state index is 9.08. The molecule has 0 aromatic carbocycles. The van der Waals surface area contributed by atoms with Gasteiger partial charge in [-0.1, -0.05) is 39.0 Å². The second-order valence-electron chi connectivity index (χ2n) is 3.01. The number of aliphatic hydroxyl groups is 1. The first kappa shape index (κ1) is 11.2. The third-order valence-electron chi connectivity index (χ3n) is 1.82. The fraction of sp³-hybridized carbons (Fsp3) is 1.00. The average Bonchev–Trinajstić information content (AvgIpc) is 2.04. The Balaban J connectivity index is 2.89. The van der Waals surface area contributed by atoms with Crippen molar-refractivity contribution in [3.05, 3.63) is 0 Å². The molecule has 0 aliphatic rings. The molecule has 0 spiro atoms. The summed E-state index contributed by atoms with van der Waals surface area (Å²) in [6.07, 6.45) is 6.84. The van der Waals surface area contributed by atoms with Gasteiger partial charge in [-0.05, 0) is 6.42 Å². The molecule has 0 amide bonds. The summed E-state index contributed by atoms with van der Waals surface area (Å²) in [5.74, 6) is 0.383. The minimum atomic E-state index is -0.279. The highest BCUT2D eigenvalue weighted by Gasteiger charge is 1.99. The fourth-order valence-electron chi connectivity index (χ4n) is 1.06. The molecule has 0 rings (SSSR count). The molecule has 2 heteroatoms. The van der Waals surface area contributed by atoms with Gasteiger partial charge in [-0.2, -0.15) is 0 Å². The Morgan fingerprint density at radius 3 is 2.36 bits per heavy atom. The van der Waals surface area contributed by atoms with E-state index >= 15 is 0 Å². The van der Waals surface area contributed by atoms with E-state index in [1.165, 1.54) is 25.7 Å². The zero-order chi connectivity index (χ0) is 8.53. The van der Waals surface area contributed by atoms with E-state index in [9.17, 15) is 0 Å². The van der Waals surface area contributed by atoms with Crippen LogP contribution >= 0.6 is 11.6 Å². The van der Waals surface area contributed by atoms with Crippen molar-refractivity contribution >= 4 is 11.6 Å². The van der Waals surface area contributed by atoms with Crippen LogP contribution in [0.2, 0.25) is 0 Å². The summed E-state index contributed by atoms with van der Waals surface area (Å²) in [5.41, 5.74) is 0. The summed E-state index contributed by atoms with van der Waals surface area (Å²) in [6.45, 7) is 2.20. The van der Waals surface area contributed by atoms with Crippen molar-refractivity contribution < 1.29 is 5.11 Å². The maximum Gasteiger partial charge on any atom is 0.0675 e. The van der Waals surface area contributed by atoms with Crippen LogP contribution in [-0.4, -0.2) is 17.1 Å². The van der Waals surface area contributed by atoms with Crippen molar-refractivity contribution in [3.63, 3.8) is 0 Å². The molecule has 0 heterocycles. The Morgan fingerprint density at radius 2 is 1.82 bits per heavy atom. The highest BCUT2D eigenvalue weighted by atomic mass is 35.5. The van der Waals surface area contributed by atoms with E-state index in [0.717, 1.165) is 12.8 Å². The van der Waals surface area contributed by atoms with Crippen molar-refractivity contribution in [2.75, 3.05) is 5.88 Å². The maximum absolute atomic E-state index is 9.08. The lowest BCUT2D eigenvalue weighted by atomic mass is 10.1. The first-order valence-electron chi connectivity index (χ1n) is 4.55. The fourth-order valence-corrected chi connectivity index (χ4v) is 1.21. The van der Waals surface area contributed by atoms with E-state index in [2.05, 4.69) is 6.92 Å². The lowest BCUT2D eigenvalue weighted by Gasteiger charge is -2.04. The van der Waals surface area contributed by atoms with Gasteiger partial charge in [0.05, 0.1) is 6.10 Å². The van der Waals surface area contributed by atoms with Crippen LogP contribution in [0.1, 0.15) is 45.4 Å². The summed E-state index contributed by atoms with van der Waals surface area (Å²) in [4.78, 5) is 0. The zero-order valence-electron chi connectivity index (χ0n) is 7.35. The highest BCUT2D eigenvalue weighted by Crippen LogP contribution is 2.07. The van der Waals surface area contributed by atoms with Crippen molar-refractivity contribution in [1.82, 2.24) is 0 Å². The minimum Gasteiger partial charge on any atom is -0.392 e. The molecule has 1 N–H and O–H groups in total. The third-order valence-corrected chi connectivity index (χ3v) is 2.18. The van der Waals surface area contributed by atoms with Gasteiger partial charge in [0.15, 0.2) is 0 Å². The second-order valence-corrected chi connectivity index (χ2v) is 3.32. The van der Waals surface area contributed by atoms with Crippen LogP contribution in [0.3, 0.4) is 0 Å². The zero-order valence-corrected chi connectivity index (χ0v) is 8.11. The van der Waals surface area contributed by atoms with E-state index in [1.807, 2.05) is 0 Å². The number of halogens is 1. The topological polar surface area (TPSA) is 20.2 Å². The Morgan fingerprint density at radius 1 is 1.18 bits per heavy atom. The molecule has 0 saturated heterocycles. The Bertz CT molecular complexity index is 76.0. The molecule has 0 radical (unpaired) electrons. The van der Waals surface area contributed by atoms with E-state index in [-0.39, 0.29) is 6.10 Å². The highest BCUT2D eigenvalue weighted by molar-refractivity contribution is 6.18. The summed E-state index contributed by atoms with van der Waals surface area (Å²) in [6, 6.07) is 0. The van der Waals surface area contributed by atoms with Gasteiger partial charge in [-0.15, -0.1) is 11.6 Å². The monoisotopic (exact) mass is 178 g/mol. The number of aliphatic hydroxyl groups excluding tert-OH is 1. The molecule has 0 fully saturated rings. The Kier molecular flexibility index (Phi) is 8.54. The van der Waals surface area contributed by atoms with Crippen molar-refractivity contribution in [2.45, 2.75) is 51.6 Å². The molecule has 11 heavy (non-hydrogen) atoms. The van der Waals surface area contributed by atoms with E-state index in [0.29, 0.717) is 5.88 Å². The van der Waals surface area contributed by atoms with Crippen molar-refractivity contribution in [1.29, 1.82) is 0 Å². The first-order chi connectivity index (χ1) is 5.31. The number of hydrogen-bond acceptors (Lipinski definition) is 1. The van der Waals surface area contributed by atoms with Gasteiger partial charge in [0.25, 0.3) is 0 Å². The molecule has 0 aromatic rings. The molecular formula is C9H19ClO. The largest absolute Gasteiger partial charge is 0.392 e. The van der Waals surface area contributed by atoms with Gasteiger partial charge < -0.3 is 5.11 Å².